The van der Waals surface area contributed by atoms with Crippen LogP contribution in [0, 0.1) is 13.8 Å². The maximum absolute atomic E-state index is 15.0. The number of hydrogen-bond acceptors (Lipinski definition) is 9. The molecule has 9 nitrogen and oxygen atoms in total. The largest absolute Gasteiger partial charge is 0.314 e. The van der Waals surface area contributed by atoms with Crippen molar-refractivity contribution < 1.29 is 4.79 Å². The summed E-state index contributed by atoms with van der Waals surface area (Å²) >= 11 is 0. The van der Waals surface area contributed by atoms with Crippen molar-refractivity contribution in [2.24, 2.45) is 0 Å². The van der Waals surface area contributed by atoms with Crippen LogP contribution in [0.2, 0.25) is 0 Å². The minimum Gasteiger partial charge on any atom is -0.314 e. The third-order valence-electron chi connectivity index (χ3n) is 12.4. The first-order chi connectivity index (χ1) is 25.6. The number of rotatable bonds is 8. The third-order valence-corrected chi connectivity index (χ3v) is 12.4. The highest BCUT2D eigenvalue weighted by atomic mass is 16.1. The smallest absolute Gasteiger partial charge is 0.234 e. The highest BCUT2D eigenvalue weighted by Gasteiger charge is 2.38. The quantitative estimate of drug-likeness (QED) is 0.189. The van der Waals surface area contributed by atoms with Crippen molar-refractivity contribution in [1.29, 1.82) is 0 Å². The molecule has 4 aliphatic rings. The van der Waals surface area contributed by atoms with Gasteiger partial charge in [-0.15, -0.1) is 20.4 Å². The Morgan fingerprint density at radius 1 is 0.577 bits per heavy atom. The monoisotopic (exact) mass is 698 g/mol. The van der Waals surface area contributed by atoms with Crippen LogP contribution in [0.15, 0.2) is 60.7 Å². The molecule has 4 heterocycles. The molecular weight excluding hydrogens is 645 g/mol. The Morgan fingerprint density at radius 2 is 0.981 bits per heavy atom. The first kappa shape index (κ1) is 35.2. The van der Waals surface area contributed by atoms with Crippen molar-refractivity contribution in [2.75, 3.05) is 39.3 Å². The van der Waals surface area contributed by atoms with Crippen molar-refractivity contribution in [2.45, 2.75) is 102 Å². The molecule has 8 rings (SSSR count). The second-order valence-corrected chi connectivity index (χ2v) is 15.4. The van der Waals surface area contributed by atoms with Crippen molar-refractivity contribution in [3.05, 3.63) is 94.3 Å². The highest BCUT2D eigenvalue weighted by Crippen LogP contribution is 2.40. The highest BCUT2D eigenvalue weighted by molar-refractivity contribution is 6.08. The predicted octanol–water partition coefficient (Wildman–Crippen LogP) is 7.01. The van der Waals surface area contributed by atoms with Crippen molar-refractivity contribution in [1.82, 2.24) is 40.8 Å². The maximum atomic E-state index is 15.0. The van der Waals surface area contributed by atoms with E-state index in [1.807, 2.05) is 12.1 Å². The number of piperazine rings is 2. The molecular formula is C43H54N8O. The van der Waals surface area contributed by atoms with Gasteiger partial charge in [-0.1, -0.05) is 99.2 Å². The Kier molecular flexibility index (Phi) is 10.8. The number of benzene rings is 2. The van der Waals surface area contributed by atoms with Gasteiger partial charge in [-0.2, -0.15) is 0 Å². The zero-order chi connectivity index (χ0) is 35.4. The molecule has 2 unspecified atom stereocenters. The lowest BCUT2D eigenvalue weighted by molar-refractivity contribution is 0.0814. The Bertz CT molecular complexity index is 1700. The topological polar surface area (TPSA) is 99.2 Å². The Labute approximate surface area is 309 Å². The molecule has 4 fully saturated rings. The van der Waals surface area contributed by atoms with E-state index in [1.165, 1.54) is 64.2 Å². The van der Waals surface area contributed by atoms with Crippen LogP contribution in [0.5, 0.6) is 0 Å². The van der Waals surface area contributed by atoms with E-state index < -0.39 is 0 Å². The van der Waals surface area contributed by atoms with E-state index >= 15 is 0 Å². The van der Waals surface area contributed by atoms with E-state index in [1.54, 1.807) is 0 Å². The molecule has 2 saturated heterocycles. The first-order valence-electron chi connectivity index (χ1n) is 19.9. The second kappa shape index (κ2) is 16.0. The summed E-state index contributed by atoms with van der Waals surface area (Å²) in [6, 6.07) is 22.0. The normalized spacial score (nSPS) is 22.7. The van der Waals surface area contributed by atoms with E-state index in [9.17, 15) is 4.79 Å². The van der Waals surface area contributed by atoms with E-state index in [0.717, 1.165) is 84.0 Å². The molecule has 2 saturated carbocycles. The molecule has 52 heavy (non-hydrogen) atoms. The average molecular weight is 699 g/mol. The van der Waals surface area contributed by atoms with Crippen molar-refractivity contribution in [3.63, 3.8) is 0 Å². The molecule has 0 amide bonds. The van der Waals surface area contributed by atoms with E-state index in [2.05, 4.69) is 82.8 Å². The van der Waals surface area contributed by atoms with Gasteiger partial charge >= 0.3 is 0 Å². The molecule has 0 radical (unpaired) electrons. The molecule has 272 valence electrons. The fourth-order valence-electron chi connectivity index (χ4n) is 9.72. The predicted molar refractivity (Wildman–Crippen MR) is 206 cm³/mol. The number of aromatic nitrogens is 4. The van der Waals surface area contributed by atoms with Crippen LogP contribution in [0.1, 0.15) is 115 Å². The Balaban J connectivity index is 1.24. The third kappa shape index (κ3) is 6.96. The van der Waals surface area contributed by atoms with Crippen LogP contribution in [-0.4, -0.2) is 87.3 Å². The minimum absolute atomic E-state index is 0.0923. The van der Waals surface area contributed by atoms with Crippen LogP contribution in [0.4, 0.5) is 0 Å². The summed E-state index contributed by atoms with van der Waals surface area (Å²) in [5.41, 5.74) is 8.54. The molecule has 2 N–H and O–H groups in total. The van der Waals surface area contributed by atoms with Gasteiger partial charge in [0, 0.05) is 73.6 Å². The lowest BCUT2D eigenvalue weighted by Crippen LogP contribution is -2.51. The fraction of sp³-hybridized carbons (Fsp3) is 0.512. The van der Waals surface area contributed by atoms with Gasteiger partial charge in [0.05, 0.1) is 23.5 Å². The van der Waals surface area contributed by atoms with Gasteiger partial charge in [-0.25, -0.2) is 0 Å². The molecule has 2 aliphatic heterocycles. The van der Waals surface area contributed by atoms with Crippen LogP contribution < -0.4 is 10.6 Å². The van der Waals surface area contributed by atoms with Gasteiger partial charge < -0.3 is 10.6 Å². The number of hydrogen-bond donors (Lipinski definition) is 2. The number of nitrogens with zero attached hydrogens (tertiary/aromatic N) is 6. The number of ketones is 1. The standard InChI is InChI=1S/C43H54N8O/c1-29-37(35-27-44-23-25-50(35)33-19-11-5-12-20-33)41(31-15-7-3-8-16-31)48-46-39(29)43(52)40-30(2)38(42(49-47-40)32-17-9-4-10-18-32)36-28-45-24-26-51(36)34-21-13-6-14-22-34/h3-4,7-10,15-18,33-36,44-45H,5-6,11-14,19-28H2,1-2H3. The molecule has 9 heteroatoms. The van der Waals surface area contributed by atoms with Crippen LogP contribution in [0.25, 0.3) is 22.5 Å². The summed E-state index contributed by atoms with van der Waals surface area (Å²) in [4.78, 5) is 20.4. The van der Waals surface area contributed by atoms with Crippen LogP contribution in [0.3, 0.4) is 0 Å². The van der Waals surface area contributed by atoms with Crippen molar-refractivity contribution in [3.8, 4) is 22.5 Å². The second-order valence-electron chi connectivity index (χ2n) is 15.4. The van der Waals surface area contributed by atoms with E-state index in [4.69, 9.17) is 20.4 Å². The Hall–Kier alpha value is -3.89. The van der Waals surface area contributed by atoms with Gasteiger partial charge in [0.15, 0.2) is 0 Å². The number of carbonyl (C=O) groups is 1. The molecule has 2 aromatic carbocycles. The van der Waals surface area contributed by atoms with Gasteiger partial charge in [-0.05, 0) is 50.7 Å². The van der Waals surface area contributed by atoms with Crippen LogP contribution >= 0.6 is 0 Å². The van der Waals surface area contributed by atoms with Gasteiger partial charge in [0.2, 0.25) is 5.78 Å². The van der Waals surface area contributed by atoms with Crippen molar-refractivity contribution >= 4 is 5.78 Å². The molecule has 2 aliphatic carbocycles. The molecule has 0 spiro atoms. The molecule has 4 aromatic rings. The van der Waals surface area contributed by atoms with E-state index in [-0.39, 0.29) is 17.9 Å². The van der Waals surface area contributed by atoms with Gasteiger partial charge in [0.25, 0.3) is 0 Å². The average Bonchev–Trinajstić information content (AvgIpc) is 3.21. The summed E-state index contributed by atoms with van der Waals surface area (Å²) in [6.45, 7) is 9.69. The number of carbonyl (C=O) groups excluding carboxylic acids is 1. The summed E-state index contributed by atoms with van der Waals surface area (Å²) in [6.07, 6.45) is 12.6. The van der Waals surface area contributed by atoms with Gasteiger partial charge in [-0.3, -0.25) is 14.6 Å². The molecule has 0 bridgehead atoms. The fourth-order valence-corrected chi connectivity index (χ4v) is 9.72. The van der Waals surface area contributed by atoms with E-state index in [0.29, 0.717) is 23.5 Å². The maximum Gasteiger partial charge on any atom is 0.234 e. The SMILES string of the molecule is Cc1c(C(=O)c2nnc(-c3ccccc3)c(C3CNCCN3C3CCCCC3)c2C)nnc(-c2ccccc2)c1C1CNCCN1C1CCCCC1. The zero-order valence-corrected chi connectivity index (χ0v) is 31.0. The Morgan fingerprint density at radius 3 is 1.38 bits per heavy atom. The van der Waals surface area contributed by atoms with Gasteiger partial charge in [0.1, 0.15) is 11.4 Å². The minimum atomic E-state index is -0.197. The van der Waals surface area contributed by atoms with Crippen LogP contribution in [-0.2, 0) is 0 Å². The summed E-state index contributed by atoms with van der Waals surface area (Å²) in [7, 11) is 0. The zero-order valence-electron chi connectivity index (χ0n) is 31.0. The molecule has 2 atom stereocenters. The summed E-state index contributed by atoms with van der Waals surface area (Å²) in [5.74, 6) is -0.197. The summed E-state index contributed by atoms with van der Waals surface area (Å²) < 4.78 is 0. The first-order valence-corrected chi connectivity index (χ1v) is 19.9. The lowest BCUT2D eigenvalue weighted by atomic mass is 9.86. The summed E-state index contributed by atoms with van der Waals surface area (Å²) in [5, 5.41) is 26.7. The number of nitrogens with one attached hydrogen (secondary N) is 2. The lowest BCUT2D eigenvalue weighted by Gasteiger charge is -2.44. The molecule has 2 aromatic heterocycles.